The van der Waals surface area contributed by atoms with Crippen LogP contribution in [0.3, 0.4) is 0 Å². The number of aliphatic imine (C=N–C) groups is 1. The summed E-state index contributed by atoms with van der Waals surface area (Å²) in [5.74, 6) is 1.25. The molecule has 1 aromatic carbocycles. The number of thioether (sulfide) groups is 1. The Morgan fingerprint density at radius 2 is 1.82 bits per heavy atom. The Morgan fingerprint density at radius 3 is 2.39 bits per heavy atom. The number of piperazine rings is 1. The van der Waals surface area contributed by atoms with Gasteiger partial charge in [-0.25, -0.2) is 4.99 Å². The van der Waals surface area contributed by atoms with Crippen LogP contribution < -0.4 is 5.32 Å². The zero-order chi connectivity index (χ0) is 19.1. The number of rotatable bonds is 5. The molecule has 6 nitrogen and oxygen atoms in total. The van der Waals surface area contributed by atoms with Gasteiger partial charge in [-0.15, -0.1) is 35.7 Å². The molecule has 8 heteroatoms. The molecule has 0 bridgehead atoms. The normalized spacial score (nSPS) is 14.6. The fourth-order valence-electron chi connectivity index (χ4n) is 3.00. The number of guanidine groups is 1. The fraction of sp³-hybridized carbons (Fsp3) is 0.400. The summed E-state index contributed by atoms with van der Waals surface area (Å²) in [4.78, 5) is 22.5. The van der Waals surface area contributed by atoms with Crippen LogP contribution in [0.4, 0.5) is 0 Å². The largest absolute Gasteiger partial charge is 0.459 e. The first kappa shape index (κ1) is 22.6. The highest BCUT2D eigenvalue weighted by Gasteiger charge is 2.25. The summed E-state index contributed by atoms with van der Waals surface area (Å²) < 4.78 is 5.22. The minimum absolute atomic E-state index is 0. The maximum atomic E-state index is 12.4. The first-order valence-electron chi connectivity index (χ1n) is 9.20. The molecule has 0 unspecified atom stereocenters. The predicted octanol–water partition coefficient (Wildman–Crippen LogP) is 3.54. The summed E-state index contributed by atoms with van der Waals surface area (Å²) in [5.41, 5.74) is 1.19. The molecule has 152 valence electrons. The van der Waals surface area contributed by atoms with Crippen molar-refractivity contribution in [3.63, 3.8) is 0 Å². The van der Waals surface area contributed by atoms with Crippen molar-refractivity contribution in [3.05, 3.63) is 54.0 Å². The van der Waals surface area contributed by atoms with Gasteiger partial charge in [0.05, 0.1) is 12.8 Å². The van der Waals surface area contributed by atoms with Crippen LogP contribution in [0.25, 0.3) is 0 Å². The van der Waals surface area contributed by atoms with Gasteiger partial charge in [0.15, 0.2) is 11.7 Å². The monoisotopic (exact) mass is 514 g/mol. The van der Waals surface area contributed by atoms with Crippen LogP contribution in [-0.2, 0) is 6.54 Å². The Balaban J connectivity index is 0.00000280. The number of amides is 1. The van der Waals surface area contributed by atoms with Crippen molar-refractivity contribution in [2.24, 2.45) is 4.99 Å². The van der Waals surface area contributed by atoms with E-state index < -0.39 is 0 Å². The van der Waals surface area contributed by atoms with E-state index in [1.54, 1.807) is 23.9 Å². The average Bonchev–Trinajstić information content (AvgIpc) is 3.26. The van der Waals surface area contributed by atoms with Crippen molar-refractivity contribution in [2.45, 2.75) is 18.4 Å². The van der Waals surface area contributed by atoms with Gasteiger partial charge in [0.25, 0.3) is 5.91 Å². The highest BCUT2D eigenvalue weighted by Crippen LogP contribution is 2.15. The molecule has 2 aromatic rings. The minimum atomic E-state index is -0.0459. The minimum Gasteiger partial charge on any atom is -0.459 e. The van der Waals surface area contributed by atoms with Gasteiger partial charge in [-0.2, -0.15) is 0 Å². The molecule has 1 aliphatic heterocycles. The van der Waals surface area contributed by atoms with Crippen molar-refractivity contribution >= 4 is 47.6 Å². The molecule has 0 spiro atoms. The van der Waals surface area contributed by atoms with Crippen LogP contribution in [0.1, 0.15) is 23.0 Å². The smallest absolute Gasteiger partial charge is 0.289 e. The first-order valence-corrected chi connectivity index (χ1v) is 10.4. The molecule has 0 aliphatic carbocycles. The van der Waals surface area contributed by atoms with E-state index in [0.717, 1.165) is 25.6 Å². The number of hydrogen-bond acceptors (Lipinski definition) is 4. The maximum Gasteiger partial charge on any atom is 0.289 e. The van der Waals surface area contributed by atoms with Gasteiger partial charge in [-0.3, -0.25) is 4.79 Å². The number of halogens is 1. The van der Waals surface area contributed by atoms with E-state index in [-0.39, 0.29) is 29.9 Å². The number of carbonyl (C=O) groups excluding carboxylic acids is 1. The lowest BCUT2D eigenvalue weighted by Crippen LogP contribution is -2.53. The molecule has 0 radical (unpaired) electrons. The Kier molecular flexibility index (Phi) is 9.17. The quantitative estimate of drug-likeness (QED) is 0.286. The topological polar surface area (TPSA) is 61.1 Å². The van der Waals surface area contributed by atoms with E-state index in [0.29, 0.717) is 25.4 Å². The van der Waals surface area contributed by atoms with Crippen molar-refractivity contribution in [3.8, 4) is 0 Å². The molecule has 3 rings (SSSR count). The molecule has 1 aliphatic rings. The number of hydrogen-bond donors (Lipinski definition) is 1. The molecule has 0 atom stereocenters. The van der Waals surface area contributed by atoms with Gasteiger partial charge >= 0.3 is 0 Å². The first-order chi connectivity index (χ1) is 13.2. The zero-order valence-electron chi connectivity index (χ0n) is 16.3. The van der Waals surface area contributed by atoms with E-state index in [4.69, 9.17) is 9.41 Å². The van der Waals surface area contributed by atoms with Crippen molar-refractivity contribution in [2.75, 3.05) is 39.0 Å². The molecule has 0 saturated carbocycles. The summed E-state index contributed by atoms with van der Waals surface area (Å²) in [6.07, 6.45) is 3.61. The molecule has 1 saturated heterocycles. The molecule has 1 fully saturated rings. The van der Waals surface area contributed by atoms with E-state index in [1.807, 2.05) is 4.90 Å². The summed E-state index contributed by atoms with van der Waals surface area (Å²) >= 11 is 1.74. The van der Waals surface area contributed by atoms with Gasteiger partial charge in [0, 0.05) is 37.6 Å². The Bertz CT molecular complexity index is 757. The van der Waals surface area contributed by atoms with Crippen LogP contribution >= 0.6 is 35.7 Å². The van der Waals surface area contributed by atoms with Crippen LogP contribution in [0.15, 0.2) is 57.0 Å². The van der Waals surface area contributed by atoms with Crippen LogP contribution in [0, 0.1) is 0 Å². The van der Waals surface area contributed by atoms with Gasteiger partial charge in [-0.1, -0.05) is 12.1 Å². The molecular formula is C20H27IN4O2S. The standard InChI is InChI=1S/C20H26N4O2S.HI/c1-3-21-20(22-15-16-6-8-17(27-2)9-7-16)24-12-10-23(11-13-24)19(25)18-5-4-14-26-18;/h4-9,14H,3,10-13,15H2,1-2H3,(H,21,22);1H. The van der Waals surface area contributed by atoms with Crippen molar-refractivity contribution < 1.29 is 9.21 Å². The number of furan rings is 1. The molecule has 1 amide bonds. The van der Waals surface area contributed by atoms with E-state index in [9.17, 15) is 4.79 Å². The maximum absolute atomic E-state index is 12.4. The second-order valence-corrected chi connectivity index (χ2v) is 7.15. The summed E-state index contributed by atoms with van der Waals surface area (Å²) in [6.45, 7) is 6.35. The Hall–Kier alpha value is -1.68. The third-order valence-corrected chi connectivity index (χ3v) is 5.25. The fourth-order valence-corrected chi connectivity index (χ4v) is 3.41. The lowest BCUT2D eigenvalue weighted by atomic mass is 10.2. The summed E-state index contributed by atoms with van der Waals surface area (Å²) in [6, 6.07) is 12.0. The van der Waals surface area contributed by atoms with Gasteiger partial charge in [0.2, 0.25) is 0 Å². The molecule has 2 heterocycles. The van der Waals surface area contributed by atoms with Crippen LogP contribution in [-0.4, -0.2) is 60.6 Å². The SMILES string of the molecule is CCNC(=NCc1ccc(SC)cc1)N1CCN(C(=O)c2ccco2)CC1.I. The Morgan fingerprint density at radius 1 is 1.14 bits per heavy atom. The van der Waals surface area contributed by atoms with E-state index >= 15 is 0 Å². The predicted molar refractivity (Wildman–Crippen MR) is 125 cm³/mol. The highest BCUT2D eigenvalue weighted by molar-refractivity contribution is 14.0. The number of nitrogens with zero attached hydrogens (tertiary/aromatic N) is 3. The third-order valence-electron chi connectivity index (χ3n) is 4.50. The van der Waals surface area contributed by atoms with E-state index in [2.05, 4.69) is 47.7 Å². The van der Waals surface area contributed by atoms with Gasteiger partial charge < -0.3 is 19.5 Å². The molecule has 1 aromatic heterocycles. The number of carbonyl (C=O) groups is 1. The second-order valence-electron chi connectivity index (χ2n) is 6.27. The molecular weight excluding hydrogens is 487 g/mol. The van der Waals surface area contributed by atoms with Crippen LogP contribution in [0.2, 0.25) is 0 Å². The van der Waals surface area contributed by atoms with Crippen molar-refractivity contribution in [1.82, 2.24) is 15.1 Å². The Labute approximate surface area is 187 Å². The van der Waals surface area contributed by atoms with E-state index in [1.165, 1.54) is 16.7 Å². The second kappa shape index (κ2) is 11.4. The molecule has 1 N–H and O–H groups in total. The van der Waals surface area contributed by atoms with Gasteiger partial charge in [0.1, 0.15) is 0 Å². The third kappa shape index (κ3) is 5.91. The summed E-state index contributed by atoms with van der Waals surface area (Å²) in [7, 11) is 0. The lowest BCUT2D eigenvalue weighted by molar-refractivity contribution is 0.0657. The molecule has 28 heavy (non-hydrogen) atoms. The average molecular weight is 514 g/mol. The highest BCUT2D eigenvalue weighted by atomic mass is 127. The van der Waals surface area contributed by atoms with Crippen molar-refractivity contribution in [1.29, 1.82) is 0 Å². The summed E-state index contributed by atoms with van der Waals surface area (Å²) in [5, 5.41) is 3.37. The van der Waals surface area contributed by atoms with Gasteiger partial charge in [-0.05, 0) is 43.0 Å². The zero-order valence-corrected chi connectivity index (χ0v) is 19.4. The number of nitrogens with one attached hydrogen (secondary N) is 1. The lowest BCUT2D eigenvalue weighted by Gasteiger charge is -2.36. The number of benzene rings is 1. The van der Waals surface area contributed by atoms with Crippen LogP contribution in [0.5, 0.6) is 0 Å².